The number of nitrogens with one attached hydrogen (secondary N) is 1. The molecule has 3 aromatic rings. The lowest BCUT2D eigenvalue weighted by molar-refractivity contribution is 0.102. The summed E-state index contributed by atoms with van der Waals surface area (Å²) in [5.41, 5.74) is 0.277. The minimum Gasteiger partial charge on any atom is -0.329 e. The van der Waals surface area contributed by atoms with Gasteiger partial charge in [0.15, 0.2) is 5.78 Å². The van der Waals surface area contributed by atoms with E-state index in [-0.39, 0.29) is 16.9 Å². The van der Waals surface area contributed by atoms with Crippen LogP contribution in [0.1, 0.15) is 16.6 Å². The molecule has 23 heavy (non-hydrogen) atoms. The van der Waals surface area contributed by atoms with Crippen molar-refractivity contribution >= 4 is 17.1 Å². The van der Waals surface area contributed by atoms with Crippen molar-refractivity contribution in [2.45, 2.75) is 20.0 Å². The Morgan fingerprint density at radius 2 is 2.13 bits per heavy atom. The quantitative estimate of drug-likeness (QED) is 0.715. The van der Waals surface area contributed by atoms with Crippen molar-refractivity contribution in [3.8, 4) is 11.4 Å². The van der Waals surface area contributed by atoms with E-state index in [2.05, 4.69) is 10.1 Å². The maximum atomic E-state index is 11.7. The Bertz CT molecular complexity index is 963. The monoisotopic (exact) mass is 330 g/mol. The molecule has 0 amide bonds. The molecule has 1 N–H and O–H groups in total. The van der Waals surface area contributed by atoms with Gasteiger partial charge in [-0.25, -0.2) is 9.67 Å². The molecule has 0 spiro atoms. The van der Waals surface area contributed by atoms with Crippen LogP contribution in [0, 0.1) is 0 Å². The van der Waals surface area contributed by atoms with Gasteiger partial charge in [-0.2, -0.15) is 0 Å². The molecule has 0 fully saturated rings. The highest BCUT2D eigenvalue weighted by Gasteiger charge is 2.11. The second-order valence-corrected chi connectivity index (χ2v) is 5.91. The number of rotatable bonds is 5. The van der Waals surface area contributed by atoms with Gasteiger partial charge >= 0.3 is 0 Å². The first-order valence-electron chi connectivity index (χ1n) is 6.96. The van der Waals surface area contributed by atoms with Crippen LogP contribution in [0.5, 0.6) is 0 Å². The fourth-order valence-electron chi connectivity index (χ4n) is 2.22. The van der Waals surface area contributed by atoms with E-state index in [1.807, 2.05) is 16.0 Å². The molecule has 0 aromatic carbocycles. The van der Waals surface area contributed by atoms with Gasteiger partial charge in [0, 0.05) is 42.0 Å². The summed E-state index contributed by atoms with van der Waals surface area (Å²) in [5.74, 6) is 0.743. The summed E-state index contributed by atoms with van der Waals surface area (Å²) in [6.07, 6.45) is 3.46. The van der Waals surface area contributed by atoms with Crippen molar-refractivity contribution in [3.05, 3.63) is 61.6 Å². The lowest BCUT2D eigenvalue weighted by atomic mass is 10.2. The van der Waals surface area contributed by atoms with Gasteiger partial charge in [-0.15, -0.1) is 11.3 Å². The van der Waals surface area contributed by atoms with Crippen LogP contribution in [0.15, 0.2) is 45.6 Å². The SMILES string of the molecule is CC(=O)c1cc(-c2nccn2CCn2[nH]c(=O)ccc2=O)cs1. The Kier molecular flexibility index (Phi) is 4.07. The fourth-order valence-corrected chi connectivity index (χ4v) is 3.01. The van der Waals surface area contributed by atoms with Gasteiger partial charge in [-0.3, -0.25) is 19.5 Å². The Balaban J connectivity index is 1.83. The van der Waals surface area contributed by atoms with Crippen molar-refractivity contribution in [1.29, 1.82) is 0 Å². The van der Waals surface area contributed by atoms with Gasteiger partial charge in [-0.1, -0.05) is 0 Å². The normalized spacial score (nSPS) is 10.8. The third-order valence-corrected chi connectivity index (χ3v) is 4.40. The third kappa shape index (κ3) is 3.21. The highest BCUT2D eigenvalue weighted by Crippen LogP contribution is 2.24. The minimum absolute atomic E-state index is 0.0211. The number of imidazole rings is 1. The lowest BCUT2D eigenvalue weighted by Gasteiger charge is -2.08. The number of carbonyl (C=O) groups is 1. The predicted octanol–water partition coefficient (Wildman–Crippen LogP) is 1.36. The first-order chi connectivity index (χ1) is 11.0. The topological polar surface area (TPSA) is 89.8 Å². The molecule has 0 saturated heterocycles. The molecule has 3 heterocycles. The molecule has 0 aliphatic rings. The maximum absolute atomic E-state index is 11.7. The number of aryl methyl sites for hydroxylation is 2. The van der Waals surface area contributed by atoms with E-state index < -0.39 is 0 Å². The Morgan fingerprint density at radius 1 is 1.30 bits per heavy atom. The van der Waals surface area contributed by atoms with Crippen molar-refractivity contribution in [2.75, 3.05) is 0 Å². The zero-order valence-corrected chi connectivity index (χ0v) is 13.2. The molecule has 0 unspecified atom stereocenters. The highest BCUT2D eigenvalue weighted by atomic mass is 32.1. The van der Waals surface area contributed by atoms with Gasteiger partial charge in [0.05, 0.1) is 11.4 Å². The summed E-state index contributed by atoms with van der Waals surface area (Å²) < 4.78 is 3.14. The smallest absolute Gasteiger partial charge is 0.265 e. The summed E-state index contributed by atoms with van der Waals surface area (Å²) in [4.78, 5) is 39.4. The zero-order chi connectivity index (χ0) is 16.4. The first-order valence-corrected chi connectivity index (χ1v) is 7.84. The lowest BCUT2D eigenvalue weighted by Crippen LogP contribution is -2.29. The summed E-state index contributed by atoms with van der Waals surface area (Å²) in [5, 5.41) is 4.37. The number of aromatic amines is 1. The number of ketones is 1. The van der Waals surface area contributed by atoms with E-state index in [9.17, 15) is 14.4 Å². The predicted molar refractivity (Wildman–Crippen MR) is 86.9 cm³/mol. The fraction of sp³-hybridized carbons (Fsp3) is 0.200. The van der Waals surface area contributed by atoms with Gasteiger partial charge in [0.25, 0.3) is 11.1 Å². The highest BCUT2D eigenvalue weighted by molar-refractivity contribution is 7.12. The maximum Gasteiger partial charge on any atom is 0.265 e. The molecular weight excluding hydrogens is 316 g/mol. The number of hydrogen-bond acceptors (Lipinski definition) is 5. The number of H-pyrrole nitrogens is 1. The molecule has 0 aliphatic heterocycles. The average Bonchev–Trinajstić information content (AvgIpc) is 3.16. The van der Waals surface area contributed by atoms with Crippen molar-refractivity contribution in [2.24, 2.45) is 0 Å². The van der Waals surface area contributed by atoms with E-state index in [4.69, 9.17) is 0 Å². The van der Waals surface area contributed by atoms with Crippen molar-refractivity contribution in [3.63, 3.8) is 0 Å². The van der Waals surface area contributed by atoms with E-state index in [1.165, 1.54) is 35.1 Å². The standard InChI is InChI=1S/C15H14N4O3S/c1-10(20)12-8-11(9-23-12)15-16-4-5-18(15)6-7-19-14(22)3-2-13(21)17-19/h2-5,8-9H,6-7H2,1H3,(H,17,21). The minimum atomic E-state index is -0.320. The average molecular weight is 330 g/mol. The molecule has 0 atom stereocenters. The van der Waals surface area contributed by atoms with Crippen molar-refractivity contribution < 1.29 is 4.79 Å². The molecule has 8 heteroatoms. The summed E-state index contributed by atoms with van der Waals surface area (Å²) in [6, 6.07) is 4.25. The molecule has 0 saturated carbocycles. The molecular formula is C15H14N4O3S. The number of carbonyl (C=O) groups excluding carboxylic acids is 1. The largest absolute Gasteiger partial charge is 0.329 e. The molecule has 3 aromatic heterocycles. The van der Waals surface area contributed by atoms with Crippen LogP contribution >= 0.6 is 11.3 Å². The molecule has 118 valence electrons. The number of hydrogen-bond donors (Lipinski definition) is 1. The molecule has 0 bridgehead atoms. The van der Waals surface area contributed by atoms with Crippen LogP contribution in [-0.2, 0) is 13.1 Å². The first kappa shape index (κ1) is 15.2. The summed E-state index contributed by atoms with van der Waals surface area (Å²) in [6.45, 7) is 2.32. The molecule has 0 radical (unpaired) electrons. The van der Waals surface area contributed by atoms with Crippen LogP contribution in [0.2, 0.25) is 0 Å². The summed E-state index contributed by atoms with van der Waals surface area (Å²) in [7, 11) is 0. The van der Waals surface area contributed by atoms with Crippen LogP contribution in [0.3, 0.4) is 0 Å². The Labute approximate surface area is 134 Å². The number of nitrogens with zero attached hydrogens (tertiary/aromatic N) is 3. The number of Topliss-reactive ketones (excluding diaryl/α,β-unsaturated/α-hetero) is 1. The summed E-state index contributed by atoms with van der Waals surface area (Å²) >= 11 is 1.38. The van der Waals surface area contributed by atoms with Crippen LogP contribution in [0.25, 0.3) is 11.4 Å². The molecule has 7 nitrogen and oxygen atoms in total. The third-order valence-electron chi connectivity index (χ3n) is 3.37. The molecule has 3 rings (SSSR count). The Hall–Kier alpha value is -2.74. The van der Waals surface area contributed by atoms with Crippen LogP contribution in [-0.4, -0.2) is 25.1 Å². The number of aromatic nitrogens is 4. The van der Waals surface area contributed by atoms with Crippen molar-refractivity contribution in [1.82, 2.24) is 19.3 Å². The van der Waals surface area contributed by atoms with Gasteiger partial charge in [0.2, 0.25) is 0 Å². The molecule has 0 aliphatic carbocycles. The van der Waals surface area contributed by atoms with E-state index in [0.29, 0.717) is 18.0 Å². The van der Waals surface area contributed by atoms with E-state index >= 15 is 0 Å². The zero-order valence-electron chi connectivity index (χ0n) is 12.4. The Morgan fingerprint density at radius 3 is 2.87 bits per heavy atom. The van der Waals surface area contributed by atoms with Gasteiger partial charge in [0.1, 0.15) is 5.82 Å². The van der Waals surface area contributed by atoms with Gasteiger partial charge in [-0.05, 0) is 13.0 Å². The van der Waals surface area contributed by atoms with E-state index in [0.717, 1.165) is 11.4 Å². The van der Waals surface area contributed by atoms with Gasteiger partial charge < -0.3 is 4.57 Å². The van der Waals surface area contributed by atoms with E-state index in [1.54, 1.807) is 12.4 Å². The second kappa shape index (κ2) is 6.17. The number of thiophene rings is 1. The van der Waals surface area contributed by atoms with Crippen LogP contribution in [0.4, 0.5) is 0 Å². The van der Waals surface area contributed by atoms with Crippen LogP contribution < -0.4 is 11.1 Å². The second-order valence-electron chi connectivity index (χ2n) is 5.00.